The molecule has 0 radical (unpaired) electrons. The van der Waals surface area contributed by atoms with Crippen LogP contribution in [0.25, 0.3) is 0 Å². The molecule has 0 amide bonds. The number of phosphoric acid groups is 1. The molecule has 2 rings (SSSR count). The second-order valence-electron chi connectivity index (χ2n) is 5.55. The summed E-state index contributed by atoms with van der Waals surface area (Å²) in [7, 11) is -5.10. The van der Waals surface area contributed by atoms with E-state index < -0.39 is 26.6 Å². The smallest absolute Gasteiger partial charge is 0.790 e. The van der Waals surface area contributed by atoms with Gasteiger partial charge in [-0.3, -0.25) is 0 Å². The van der Waals surface area contributed by atoms with Crippen molar-refractivity contribution in [1.82, 2.24) is 0 Å². The minimum atomic E-state index is -5.10. The Bertz CT molecular complexity index is 943. The van der Waals surface area contributed by atoms with Crippen molar-refractivity contribution in [2.45, 2.75) is 12.5 Å². The molecule has 0 aliphatic heterocycles. The van der Waals surface area contributed by atoms with Crippen LogP contribution in [0.15, 0.2) is 30.3 Å². The van der Waals surface area contributed by atoms with E-state index >= 15 is 0 Å². The molecule has 0 bridgehead atoms. The van der Waals surface area contributed by atoms with E-state index in [1.54, 1.807) is 30.3 Å². The second-order valence-corrected chi connectivity index (χ2v) is 10.2. The summed E-state index contributed by atoms with van der Waals surface area (Å²) in [5.74, 6) is 0.0905. The number of nitrogens with two attached hydrogens (primary N) is 1. The molecule has 158 valence electrons. The van der Waals surface area contributed by atoms with Crippen molar-refractivity contribution in [3.63, 3.8) is 0 Å². The predicted octanol–water partition coefficient (Wildman–Crippen LogP) is -7.89. The van der Waals surface area contributed by atoms with Gasteiger partial charge >= 0.3 is 88.7 Å². The van der Waals surface area contributed by atoms with Gasteiger partial charge in [-0.25, -0.2) is 0 Å². The minimum absolute atomic E-state index is 0. The van der Waals surface area contributed by atoms with Gasteiger partial charge in [-0.2, -0.15) is 0 Å². The number of phosphoric ester groups is 1. The molecule has 1 atom stereocenters. The maximum atomic E-state index is 10.8. The summed E-state index contributed by atoms with van der Waals surface area (Å²) in [6.45, 7) is -0.717. The molecule has 0 saturated heterocycles. The van der Waals surface area contributed by atoms with Gasteiger partial charge in [0.1, 0.15) is 11.5 Å². The molecule has 2 aromatic carbocycles. The first-order chi connectivity index (χ1) is 13.5. The fourth-order valence-electron chi connectivity index (χ4n) is 2.10. The Morgan fingerprint density at radius 1 is 1.03 bits per heavy atom. The molecule has 32 heavy (non-hydrogen) atoms. The van der Waals surface area contributed by atoms with Gasteiger partial charge in [0.15, 0.2) is 12.5 Å². The van der Waals surface area contributed by atoms with Crippen LogP contribution in [-0.2, 0) is 20.3 Å². The van der Waals surface area contributed by atoms with Crippen molar-refractivity contribution in [3.05, 3.63) is 46.6 Å². The molecule has 0 aromatic heterocycles. The van der Waals surface area contributed by atoms with Crippen LogP contribution in [-0.4, -0.2) is 18.8 Å². The zero-order valence-electron chi connectivity index (χ0n) is 17.3. The Balaban J connectivity index is 0. The van der Waals surface area contributed by atoms with Crippen LogP contribution in [0, 0.1) is 10.7 Å². The van der Waals surface area contributed by atoms with E-state index in [0.717, 1.165) is 12.7 Å². The standard InChI is InChI=1S/C16H15I3NO8P.3Na/c17-10-6-9(1-2-14(10)26-7-27-29(23,24)25)28-15-11(18)3-8(4-12(15)19)5-13(20)16(21)22;;;/h1-4,6,13H,5,7,20H2,(H,21,22)(H2,23,24,25);;;/q;3*+1/p-3. The topological polar surface area (TPSA) is 157 Å². The van der Waals surface area contributed by atoms with Crippen LogP contribution < -0.4 is 119 Å². The summed E-state index contributed by atoms with van der Waals surface area (Å²) < 4.78 is 27.7. The average Bonchev–Trinajstić information content (AvgIpc) is 2.59. The molecule has 0 fully saturated rings. The first kappa shape index (κ1) is 36.9. The summed E-state index contributed by atoms with van der Waals surface area (Å²) in [5.41, 5.74) is 6.28. The summed E-state index contributed by atoms with van der Waals surface area (Å²) in [6, 6.07) is 7.29. The number of ether oxygens (including phenoxy) is 2. The van der Waals surface area contributed by atoms with Crippen LogP contribution >= 0.6 is 75.6 Å². The molecule has 16 heteroatoms. The van der Waals surface area contributed by atoms with Gasteiger partial charge in [0.05, 0.1) is 24.5 Å². The third-order valence-electron chi connectivity index (χ3n) is 3.36. The fourth-order valence-corrected chi connectivity index (χ4v) is 5.04. The van der Waals surface area contributed by atoms with Crippen molar-refractivity contribution in [2.24, 2.45) is 5.73 Å². The normalized spacial score (nSPS) is 11.3. The Morgan fingerprint density at radius 3 is 2.06 bits per heavy atom. The number of hydrogen-bond donors (Lipinski definition) is 1. The van der Waals surface area contributed by atoms with Gasteiger partial charge in [-0.15, -0.1) is 0 Å². The molecular weight excluding hydrogens is 815 g/mol. The van der Waals surface area contributed by atoms with Crippen molar-refractivity contribution in [3.8, 4) is 17.2 Å². The monoisotopic (exact) mass is 827 g/mol. The number of carbonyl (C=O) groups excluding carboxylic acids is 1. The van der Waals surface area contributed by atoms with Crippen LogP contribution in [0.5, 0.6) is 17.2 Å². The average molecular weight is 827 g/mol. The molecule has 0 saturated carbocycles. The molecule has 0 aliphatic carbocycles. The number of rotatable bonds is 9. The third kappa shape index (κ3) is 12.8. The molecular formula is C16H12I3NNa3O8P. The van der Waals surface area contributed by atoms with Gasteiger partial charge in [0.2, 0.25) is 0 Å². The van der Waals surface area contributed by atoms with E-state index in [2.05, 4.69) is 49.7 Å². The number of carboxylic acid groups (broad SMARTS) is 1. The maximum Gasteiger partial charge on any atom is 1.00 e. The van der Waals surface area contributed by atoms with Gasteiger partial charge < -0.3 is 44.0 Å². The summed E-state index contributed by atoms with van der Waals surface area (Å²) in [6.07, 6.45) is 0.139. The zero-order valence-corrected chi connectivity index (χ0v) is 30.7. The van der Waals surface area contributed by atoms with Crippen molar-refractivity contribution < 1.29 is 127 Å². The van der Waals surface area contributed by atoms with Gasteiger partial charge in [0, 0.05) is 6.04 Å². The Labute approximate surface area is 292 Å². The Kier molecular flexibility index (Phi) is 20.0. The molecule has 2 N–H and O–H groups in total. The summed E-state index contributed by atoms with van der Waals surface area (Å²) in [5, 5.41) is 10.8. The maximum absolute atomic E-state index is 10.8. The number of hydrogen-bond acceptors (Lipinski definition) is 9. The first-order valence-corrected chi connectivity index (χ1v) is 12.4. The number of aliphatic carboxylic acids is 1. The van der Waals surface area contributed by atoms with Crippen LogP contribution in [0.1, 0.15) is 5.56 Å². The first-order valence-electron chi connectivity index (χ1n) is 7.67. The molecule has 1 unspecified atom stereocenters. The summed E-state index contributed by atoms with van der Waals surface area (Å²) >= 11 is 6.13. The minimum Gasteiger partial charge on any atom is -0.790 e. The van der Waals surface area contributed by atoms with E-state index in [4.69, 9.17) is 15.2 Å². The Hall–Kier alpha value is 2.77. The molecule has 9 nitrogen and oxygen atoms in total. The number of carbonyl (C=O) groups is 1. The van der Waals surface area contributed by atoms with E-state index in [1.807, 2.05) is 22.6 Å². The van der Waals surface area contributed by atoms with Crippen molar-refractivity contribution >= 4 is 81.6 Å². The predicted molar refractivity (Wildman–Crippen MR) is 122 cm³/mol. The van der Waals surface area contributed by atoms with Crippen LogP contribution in [0.3, 0.4) is 0 Å². The van der Waals surface area contributed by atoms with Crippen molar-refractivity contribution in [1.29, 1.82) is 0 Å². The van der Waals surface area contributed by atoms with Gasteiger partial charge in [0.25, 0.3) is 0 Å². The van der Waals surface area contributed by atoms with Gasteiger partial charge in [-0.05, 0) is 110 Å². The van der Waals surface area contributed by atoms with E-state index in [9.17, 15) is 24.3 Å². The molecule has 2 aromatic rings. The number of benzene rings is 2. The van der Waals surface area contributed by atoms with Gasteiger partial charge in [-0.1, -0.05) is 0 Å². The second kappa shape index (κ2) is 17.3. The number of halogens is 3. The largest absolute Gasteiger partial charge is 1.00 e. The SMILES string of the molecule is NC(Cc1cc(I)c(Oc2ccc(OCOP(=O)([O-])[O-])c(I)c2)c(I)c1)C(=O)[O-].[Na+].[Na+].[Na+]. The number of carboxylic acids is 1. The molecule has 0 heterocycles. The van der Waals surface area contributed by atoms with Crippen molar-refractivity contribution in [2.75, 3.05) is 6.79 Å². The zero-order chi connectivity index (χ0) is 21.8. The molecule has 0 aliphatic rings. The van der Waals surface area contributed by atoms with E-state index in [1.165, 1.54) is 0 Å². The molecule has 0 spiro atoms. The van der Waals surface area contributed by atoms with Crippen LogP contribution in [0.4, 0.5) is 0 Å². The van der Waals surface area contributed by atoms with E-state index in [-0.39, 0.29) is 95.1 Å². The Morgan fingerprint density at radius 2 is 1.59 bits per heavy atom. The third-order valence-corrected chi connectivity index (χ3v) is 6.23. The summed E-state index contributed by atoms with van der Waals surface area (Å²) in [4.78, 5) is 31.7. The van der Waals surface area contributed by atoms with Crippen LogP contribution in [0.2, 0.25) is 0 Å². The quantitative estimate of drug-likeness (QED) is 0.112. The van der Waals surface area contributed by atoms with E-state index in [0.29, 0.717) is 20.8 Å². The fraction of sp³-hybridized carbons (Fsp3) is 0.188.